The Kier molecular flexibility index (Phi) is 9.22. The molecular formula is C26H27Cl2N3O3. The zero-order valence-corrected chi connectivity index (χ0v) is 20.3. The van der Waals surface area contributed by atoms with Crippen LogP contribution in [-0.2, 0) is 6.54 Å². The van der Waals surface area contributed by atoms with Crippen molar-refractivity contribution < 1.29 is 14.6 Å². The van der Waals surface area contributed by atoms with Crippen LogP contribution in [0.25, 0.3) is 10.9 Å². The van der Waals surface area contributed by atoms with Gasteiger partial charge in [-0.1, -0.05) is 23.7 Å². The zero-order valence-electron chi connectivity index (χ0n) is 18.8. The summed E-state index contributed by atoms with van der Waals surface area (Å²) in [6.07, 6.45) is 2.72. The summed E-state index contributed by atoms with van der Waals surface area (Å²) < 4.78 is 11.1. The number of phenols is 1. The van der Waals surface area contributed by atoms with Gasteiger partial charge in [0.2, 0.25) is 0 Å². The molecule has 178 valence electrons. The molecule has 0 bridgehead atoms. The largest absolute Gasteiger partial charge is 0.504 e. The fourth-order valence-electron chi connectivity index (χ4n) is 3.52. The predicted molar refractivity (Wildman–Crippen MR) is 140 cm³/mol. The maximum absolute atomic E-state index is 10.2. The van der Waals surface area contributed by atoms with Crippen molar-refractivity contribution in [2.45, 2.75) is 13.0 Å². The highest BCUT2D eigenvalue weighted by atomic mass is 35.5. The first-order chi connectivity index (χ1) is 16.1. The van der Waals surface area contributed by atoms with E-state index >= 15 is 0 Å². The second-order valence-electron chi connectivity index (χ2n) is 7.52. The van der Waals surface area contributed by atoms with Gasteiger partial charge in [-0.3, -0.25) is 4.98 Å². The van der Waals surface area contributed by atoms with E-state index in [9.17, 15) is 5.11 Å². The minimum absolute atomic E-state index is 0. The van der Waals surface area contributed by atoms with Crippen LogP contribution >= 0.6 is 24.0 Å². The van der Waals surface area contributed by atoms with E-state index in [1.54, 1.807) is 31.5 Å². The molecule has 0 saturated carbocycles. The standard InChI is InChI=1S/C26H26ClN3O3.ClH/c1-32-25-5-2-4-18(26(25)31)17-28-13-3-14-29-23-12-15-30-24-16-21(10-11-22(23)24)33-20-8-6-19(27)7-9-20;/h2,4-12,15-16,28,31H,3,13-14,17H2,1H3,(H,29,30);1H. The molecule has 3 N–H and O–H groups in total. The maximum Gasteiger partial charge on any atom is 0.162 e. The van der Waals surface area contributed by atoms with E-state index in [-0.39, 0.29) is 18.2 Å². The van der Waals surface area contributed by atoms with Crippen LogP contribution in [0.3, 0.4) is 0 Å². The molecule has 0 radical (unpaired) electrons. The minimum atomic E-state index is 0. The Morgan fingerprint density at radius 2 is 1.76 bits per heavy atom. The number of nitrogens with zero attached hydrogens (tertiary/aromatic N) is 1. The number of aromatic hydroxyl groups is 1. The van der Waals surface area contributed by atoms with Gasteiger partial charge in [0.05, 0.1) is 12.6 Å². The minimum Gasteiger partial charge on any atom is -0.504 e. The quantitative estimate of drug-likeness (QED) is 0.219. The first kappa shape index (κ1) is 25.4. The lowest BCUT2D eigenvalue weighted by molar-refractivity contribution is 0.369. The van der Waals surface area contributed by atoms with Crippen molar-refractivity contribution in [3.8, 4) is 23.0 Å². The summed E-state index contributed by atoms with van der Waals surface area (Å²) in [6.45, 7) is 2.20. The Labute approximate surface area is 210 Å². The number of pyridine rings is 1. The molecule has 0 amide bonds. The van der Waals surface area contributed by atoms with Gasteiger partial charge in [0.1, 0.15) is 11.5 Å². The molecule has 8 heteroatoms. The van der Waals surface area contributed by atoms with Crippen LogP contribution in [0.4, 0.5) is 5.69 Å². The van der Waals surface area contributed by atoms with Crippen LogP contribution in [0.15, 0.2) is 72.9 Å². The molecule has 6 nitrogen and oxygen atoms in total. The molecule has 0 saturated heterocycles. The summed E-state index contributed by atoms with van der Waals surface area (Å²) in [5.41, 5.74) is 2.71. The number of methoxy groups -OCH3 is 1. The van der Waals surface area contributed by atoms with Crippen molar-refractivity contribution in [2.24, 2.45) is 0 Å². The molecule has 0 atom stereocenters. The Morgan fingerprint density at radius 1 is 0.971 bits per heavy atom. The van der Waals surface area contributed by atoms with Gasteiger partial charge in [0.15, 0.2) is 11.5 Å². The number of fused-ring (bicyclic) bond motifs is 1. The number of para-hydroxylation sites is 1. The lowest BCUT2D eigenvalue weighted by atomic mass is 10.1. The van der Waals surface area contributed by atoms with Gasteiger partial charge >= 0.3 is 0 Å². The number of ether oxygens (including phenoxy) is 2. The van der Waals surface area contributed by atoms with E-state index in [2.05, 4.69) is 15.6 Å². The Morgan fingerprint density at radius 3 is 2.56 bits per heavy atom. The summed E-state index contributed by atoms with van der Waals surface area (Å²) in [5.74, 6) is 2.12. The number of benzene rings is 3. The summed E-state index contributed by atoms with van der Waals surface area (Å²) in [5, 5.41) is 18.7. The van der Waals surface area contributed by atoms with Crippen molar-refractivity contribution in [1.29, 1.82) is 0 Å². The van der Waals surface area contributed by atoms with Gasteiger partial charge < -0.3 is 25.2 Å². The van der Waals surface area contributed by atoms with E-state index in [0.717, 1.165) is 53.2 Å². The number of nitrogens with one attached hydrogen (secondary N) is 2. The highest BCUT2D eigenvalue weighted by Crippen LogP contribution is 2.30. The molecule has 3 aromatic carbocycles. The van der Waals surface area contributed by atoms with E-state index in [1.807, 2.05) is 48.5 Å². The van der Waals surface area contributed by atoms with E-state index < -0.39 is 0 Å². The maximum atomic E-state index is 10.2. The van der Waals surface area contributed by atoms with E-state index in [4.69, 9.17) is 21.1 Å². The molecule has 34 heavy (non-hydrogen) atoms. The first-order valence-corrected chi connectivity index (χ1v) is 11.1. The van der Waals surface area contributed by atoms with E-state index in [0.29, 0.717) is 17.3 Å². The summed E-state index contributed by atoms with van der Waals surface area (Å²) in [4.78, 5) is 4.48. The number of hydrogen-bond donors (Lipinski definition) is 3. The van der Waals surface area contributed by atoms with Crippen molar-refractivity contribution >= 4 is 40.6 Å². The molecule has 0 aliphatic heterocycles. The highest BCUT2D eigenvalue weighted by Gasteiger charge is 2.07. The van der Waals surface area contributed by atoms with Crippen molar-refractivity contribution in [1.82, 2.24) is 10.3 Å². The molecule has 0 unspecified atom stereocenters. The summed E-state index contributed by atoms with van der Waals surface area (Å²) in [6, 6.07) is 20.6. The monoisotopic (exact) mass is 499 g/mol. The Hall–Kier alpha value is -3.19. The van der Waals surface area contributed by atoms with Crippen LogP contribution in [-0.4, -0.2) is 30.3 Å². The topological polar surface area (TPSA) is 75.6 Å². The fraction of sp³-hybridized carbons (Fsp3) is 0.192. The van der Waals surface area contributed by atoms with E-state index in [1.165, 1.54) is 0 Å². The van der Waals surface area contributed by atoms with Crippen molar-refractivity contribution in [3.05, 3.63) is 83.5 Å². The van der Waals surface area contributed by atoms with Crippen LogP contribution in [0, 0.1) is 0 Å². The predicted octanol–water partition coefficient (Wildman–Crippen LogP) is 6.41. The molecule has 1 aromatic heterocycles. The van der Waals surface area contributed by atoms with Gasteiger partial charge in [-0.15, -0.1) is 12.4 Å². The van der Waals surface area contributed by atoms with Gasteiger partial charge in [0, 0.05) is 47.0 Å². The fourth-order valence-corrected chi connectivity index (χ4v) is 3.64. The zero-order chi connectivity index (χ0) is 23.0. The molecule has 4 aromatic rings. The van der Waals surface area contributed by atoms with Crippen molar-refractivity contribution in [3.63, 3.8) is 0 Å². The first-order valence-electron chi connectivity index (χ1n) is 10.8. The molecule has 0 fully saturated rings. The second-order valence-corrected chi connectivity index (χ2v) is 7.95. The lowest BCUT2D eigenvalue weighted by Crippen LogP contribution is -2.17. The van der Waals surface area contributed by atoms with Crippen LogP contribution in [0.5, 0.6) is 23.0 Å². The summed E-state index contributed by atoms with van der Waals surface area (Å²) >= 11 is 5.93. The third-order valence-corrected chi connectivity index (χ3v) is 5.48. The second kappa shape index (κ2) is 12.3. The van der Waals surface area contributed by atoms with Crippen LogP contribution in [0.2, 0.25) is 5.02 Å². The van der Waals surface area contributed by atoms with Gasteiger partial charge in [-0.2, -0.15) is 0 Å². The molecule has 0 aliphatic carbocycles. The third-order valence-electron chi connectivity index (χ3n) is 5.23. The summed E-state index contributed by atoms with van der Waals surface area (Å²) in [7, 11) is 1.55. The lowest BCUT2D eigenvalue weighted by Gasteiger charge is -2.12. The number of phenolic OH excluding ortho intramolecular Hbond substituents is 1. The molecule has 4 rings (SSSR count). The average Bonchev–Trinajstić information content (AvgIpc) is 2.83. The molecule has 0 aliphatic rings. The van der Waals surface area contributed by atoms with Gasteiger partial charge in [0.25, 0.3) is 0 Å². The van der Waals surface area contributed by atoms with Gasteiger partial charge in [-0.05, 0) is 61.5 Å². The Bertz CT molecular complexity index is 1220. The molecule has 1 heterocycles. The third kappa shape index (κ3) is 6.44. The normalized spacial score (nSPS) is 10.5. The SMILES string of the molecule is COc1cccc(CNCCCNc2ccnc3cc(Oc4ccc(Cl)cc4)ccc23)c1O.Cl. The van der Waals surface area contributed by atoms with Crippen LogP contribution < -0.4 is 20.1 Å². The number of aromatic nitrogens is 1. The number of hydrogen-bond acceptors (Lipinski definition) is 6. The van der Waals surface area contributed by atoms with Crippen molar-refractivity contribution in [2.75, 3.05) is 25.5 Å². The smallest absolute Gasteiger partial charge is 0.162 e. The van der Waals surface area contributed by atoms with Crippen LogP contribution in [0.1, 0.15) is 12.0 Å². The number of anilines is 1. The highest BCUT2D eigenvalue weighted by molar-refractivity contribution is 6.30. The Balaban J connectivity index is 0.00000324. The molecule has 0 spiro atoms. The number of rotatable bonds is 10. The van der Waals surface area contributed by atoms with Gasteiger partial charge in [-0.25, -0.2) is 0 Å². The average molecular weight is 500 g/mol. The number of halogens is 2. The molecular weight excluding hydrogens is 473 g/mol.